The third-order valence-corrected chi connectivity index (χ3v) is 6.29. The largest absolute Gasteiger partial charge is 0.444 e. The fourth-order valence-corrected chi connectivity index (χ4v) is 5.08. The first-order chi connectivity index (χ1) is 12.8. The maximum Gasteiger partial charge on any atom is 0.410 e. The summed E-state index contributed by atoms with van der Waals surface area (Å²) in [5, 5.41) is 4.93. The van der Waals surface area contributed by atoms with E-state index in [1.807, 2.05) is 37.2 Å². The number of amides is 2. The molecule has 2 aliphatic rings. The second-order valence-corrected chi connectivity index (χ2v) is 9.34. The molecular formula is C19H30N4O3S3. The monoisotopic (exact) mass is 458 g/mol. The van der Waals surface area contributed by atoms with Gasteiger partial charge in [-0.2, -0.15) is 27.0 Å². The van der Waals surface area contributed by atoms with E-state index >= 15 is 0 Å². The zero-order chi connectivity index (χ0) is 19.2. The zero-order valence-electron chi connectivity index (χ0n) is 17.0. The molecule has 2 amide bonds. The number of hydrogen-bond donors (Lipinski definition) is 1. The van der Waals surface area contributed by atoms with E-state index in [9.17, 15) is 9.59 Å². The highest BCUT2D eigenvalue weighted by Gasteiger charge is 2.47. The van der Waals surface area contributed by atoms with Gasteiger partial charge in [0, 0.05) is 24.7 Å². The highest BCUT2D eigenvalue weighted by atomic mass is 32.1. The van der Waals surface area contributed by atoms with E-state index in [0.717, 1.165) is 24.3 Å². The maximum atomic E-state index is 12.7. The molecule has 2 aromatic heterocycles. The predicted octanol–water partition coefficient (Wildman–Crippen LogP) is 3.39. The van der Waals surface area contributed by atoms with Crippen LogP contribution in [0.4, 0.5) is 4.79 Å². The van der Waals surface area contributed by atoms with Crippen LogP contribution < -0.4 is 5.32 Å². The number of carbonyl (C=O) groups is 2. The van der Waals surface area contributed by atoms with Crippen LogP contribution in [0.15, 0.2) is 17.8 Å². The Balaban J connectivity index is 0.00000150. The summed E-state index contributed by atoms with van der Waals surface area (Å²) in [5.41, 5.74) is 0.00103. The van der Waals surface area contributed by atoms with Crippen LogP contribution in [0.2, 0.25) is 0 Å². The molecule has 1 saturated heterocycles. The molecular weight excluding hydrogens is 428 g/mol. The van der Waals surface area contributed by atoms with Gasteiger partial charge in [0.05, 0.1) is 12.2 Å². The molecule has 0 unspecified atom stereocenters. The van der Waals surface area contributed by atoms with Crippen LogP contribution in [0.1, 0.15) is 50.5 Å². The van der Waals surface area contributed by atoms with Gasteiger partial charge >= 0.3 is 6.09 Å². The molecule has 3 heterocycles. The van der Waals surface area contributed by atoms with Crippen LogP contribution in [0, 0.1) is 11.8 Å². The van der Waals surface area contributed by atoms with Gasteiger partial charge in [0.25, 0.3) is 5.91 Å². The Labute approximate surface area is 189 Å². The molecule has 0 bridgehead atoms. The standard InChI is InChI=1S/C19H26N4O3S.2H2S/c1-19(2,3)26-18(25)23-11-12-5-4-6-13(12)14(23)9-20-16(24)15-10-21-17-22(15)7-8-27-17;;/h7-8,10,12-14H,4-6,9,11H2,1-3H3,(H,20,24);2*1H2/t12-,13-,14+;;/m0../s1. The molecule has 1 saturated carbocycles. The van der Waals surface area contributed by atoms with Crippen LogP contribution in [-0.4, -0.2) is 51.0 Å². The molecule has 0 radical (unpaired) electrons. The van der Waals surface area contributed by atoms with Crippen molar-refractivity contribution < 1.29 is 14.3 Å². The molecule has 1 aliphatic heterocycles. The van der Waals surface area contributed by atoms with Crippen LogP contribution in [0.5, 0.6) is 0 Å². The van der Waals surface area contributed by atoms with Crippen molar-refractivity contribution in [1.29, 1.82) is 0 Å². The van der Waals surface area contributed by atoms with Crippen molar-refractivity contribution >= 4 is 55.3 Å². The SMILES string of the molecule is CC(C)(C)OC(=O)N1C[C@@H]2CCC[C@@H]2[C@H]1CNC(=O)c1cnc2sccn12.S.S. The van der Waals surface area contributed by atoms with E-state index in [0.29, 0.717) is 24.1 Å². The number of thiazole rings is 1. The van der Waals surface area contributed by atoms with Crippen molar-refractivity contribution in [3.8, 4) is 0 Å². The van der Waals surface area contributed by atoms with Gasteiger partial charge in [0.15, 0.2) is 4.96 Å². The fourth-order valence-electron chi connectivity index (χ4n) is 4.39. The zero-order valence-corrected chi connectivity index (χ0v) is 19.8. The molecule has 2 aromatic rings. The number of imidazole rings is 1. The lowest BCUT2D eigenvalue weighted by Crippen LogP contribution is -2.47. The first-order valence-electron chi connectivity index (χ1n) is 9.52. The Morgan fingerprint density at radius 1 is 1.31 bits per heavy atom. The third-order valence-electron chi connectivity index (χ3n) is 5.52. The topological polar surface area (TPSA) is 75.9 Å². The highest BCUT2D eigenvalue weighted by molar-refractivity contribution is 7.59. The van der Waals surface area contributed by atoms with E-state index in [-0.39, 0.29) is 45.0 Å². The van der Waals surface area contributed by atoms with Crippen molar-refractivity contribution in [2.45, 2.75) is 51.7 Å². The Bertz CT molecular complexity index is 860. The highest BCUT2D eigenvalue weighted by Crippen LogP contribution is 2.42. The summed E-state index contributed by atoms with van der Waals surface area (Å²) < 4.78 is 7.40. The van der Waals surface area contributed by atoms with E-state index in [1.54, 1.807) is 10.6 Å². The summed E-state index contributed by atoms with van der Waals surface area (Å²) in [7, 11) is 0. The van der Waals surface area contributed by atoms with Crippen LogP contribution >= 0.6 is 38.3 Å². The smallest absolute Gasteiger partial charge is 0.410 e. The Morgan fingerprint density at radius 2 is 2.07 bits per heavy atom. The number of ether oxygens (including phenoxy) is 1. The molecule has 1 N–H and O–H groups in total. The summed E-state index contributed by atoms with van der Waals surface area (Å²) in [6.07, 6.45) is 6.61. The third kappa shape index (κ3) is 4.86. The van der Waals surface area contributed by atoms with Crippen molar-refractivity contribution in [3.05, 3.63) is 23.5 Å². The molecule has 29 heavy (non-hydrogen) atoms. The molecule has 2 fully saturated rings. The average Bonchev–Trinajstić information content (AvgIpc) is 3.31. The minimum Gasteiger partial charge on any atom is -0.444 e. The fraction of sp³-hybridized carbons (Fsp3) is 0.632. The minimum atomic E-state index is -0.523. The first-order valence-corrected chi connectivity index (χ1v) is 10.4. The number of likely N-dealkylation sites (tertiary alicyclic amines) is 1. The van der Waals surface area contributed by atoms with Gasteiger partial charge in [-0.05, 0) is 45.4 Å². The predicted molar refractivity (Wildman–Crippen MR) is 124 cm³/mol. The van der Waals surface area contributed by atoms with E-state index < -0.39 is 5.60 Å². The van der Waals surface area contributed by atoms with Crippen LogP contribution in [0.3, 0.4) is 0 Å². The van der Waals surface area contributed by atoms with Gasteiger partial charge in [-0.1, -0.05) is 6.42 Å². The number of rotatable bonds is 3. The van der Waals surface area contributed by atoms with Crippen molar-refractivity contribution in [2.75, 3.05) is 13.1 Å². The van der Waals surface area contributed by atoms with Crippen LogP contribution in [0.25, 0.3) is 4.96 Å². The number of aromatic nitrogens is 2. The maximum absolute atomic E-state index is 12.7. The van der Waals surface area contributed by atoms with Gasteiger partial charge in [-0.15, -0.1) is 11.3 Å². The van der Waals surface area contributed by atoms with Gasteiger partial charge in [0.1, 0.15) is 11.3 Å². The van der Waals surface area contributed by atoms with E-state index in [2.05, 4.69) is 10.3 Å². The quantitative estimate of drug-likeness (QED) is 0.765. The second-order valence-electron chi connectivity index (χ2n) is 8.46. The summed E-state index contributed by atoms with van der Waals surface area (Å²) in [5.74, 6) is 0.786. The molecule has 10 heteroatoms. The van der Waals surface area contributed by atoms with Gasteiger partial charge < -0.3 is 15.0 Å². The lowest BCUT2D eigenvalue weighted by atomic mass is 9.94. The van der Waals surface area contributed by atoms with Gasteiger partial charge in [0.2, 0.25) is 0 Å². The molecule has 3 atom stereocenters. The molecule has 0 spiro atoms. The number of carbonyl (C=O) groups excluding carboxylic acids is 2. The van der Waals surface area contributed by atoms with Gasteiger partial charge in [-0.25, -0.2) is 9.78 Å². The minimum absolute atomic E-state index is 0. The van der Waals surface area contributed by atoms with Gasteiger partial charge in [-0.3, -0.25) is 9.20 Å². The lowest BCUT2D eigenvalue weighted by molar-refractivity contribution is 0.0200. The first kappa shape index (κ1) is 23.9. The molecule has 7 nitrogen and oxygen atoms in total. The number of nitrogens with zero attached hydrogens (tertiary/aromatic N) is 3. The average molecular weight is 459 g/mol. The molecule has 162 valence electrons. The van der Waals surface area contributed by atoms with Crippen molar-refractivity contribution in [2.24, 2.45) is 11.8 Å². The summed E-state index contributed by atoms with van der Waals surface area (Å²) in [6, 6.07) is -0.0119. The lowest BCUT2D eigenvalue weighted by Gasteiger charge is -2.30. The Hall–Kier alpha value is -1.39. The summed E-state index contributed by atoms with van der Waals surface area (Å²) in [4.78, 5) is 32.2. The summed E-state index contributed by atoms with van der Waals surface area (Å²) >= 11 is 1.49. The molecule has 4 rings (SSSR count). The normalized spacial score (nSPS) is 23.3. The molecule has 0 aromatic carbocycles. The number of fused-ring (bicyclic) bond motifs is 2. The van der Waals surface area contributed by atoms with Crippen LogP contribution in [-0.2, 0) is 4.74 Å². The molecule has 1 aliphatic carbocycles. The Morgan fingerprint density at radius 3 is 2.79 bits per heavy atom. The van der Waals surface area contributed by atoms with E-state index in [4.69, 9.17) is 4.74 Å². The van der Waals surface area contributed by atoms with E-state index in [1.165, 1.54) is 17.8 Å². The van der Waals surface area contributed by atoms with Crippen molar-refractivity contribution in [3.63, 3.8) is 0 Å². The second kappa shape index (κ2) is 9.18. The summed E-state index contributed by atoms with van der Waals surface area (Å²) in [6.45, 7) is 6.80. The number of nitrogens with one attached hydrogen (secondary N) is 1. The number of hydrogen-bond acceptors (Lipinski definition) is 5. The Kier molecular flexibility index (Phi) is 7.56. The van der Waals surface area contributed by atoms with Crippen molar-refractivity contribution in [1.82, 2.24) is 19.6 Å².